The van der Waals surface area contributed by atoms with Gasteiger partial charge in [0.1, 0.15) is 17.2 Å². The van der Waals surface area contributed by atoms with Crippen molar-refractivity contribution in [2.45, 2.75) is 31.8 Å². The van der Waals surface area contributed by atoms with Crippen molar-refractivity contribution in [3.8, 4) is 11.3 Å². The average Bonchev–Trinajstić information content (AvgIpc) is 2.99. The van der Waals surface area contributed by atoms with E-state index in [1.54, 1.807) is 5.32 Å². The van der Waals surface area contributed by atoms with E-state index >= 15 is 0 Å². The molecule has 7 nitrogen and oxygen atoms in total. The predicted octanol–water partition coefficient (Wildman–Crippen LogP) is 2.70. The van der Waals surface area contributed by atoms with Crippen molar-refractivity contribution < 1.29 is 28.9 Å². The SMILES string of the molecule is O=C(NC(O)(O)O)c1c(-c2ccc(F)cc2)oc2cc3c(cc12)CCCCCN3. The molecule has 0 radical (unpaired) electrons. The normalized spacial score (nSPS) is 14.6. The predicted molar refractivity (Wildman–Crippen MR) is 105 cm³/mol. The van der Waals surface area contributed by atoms with Gasteiger partial charge in [-0.25, -0.2) is 4.39 Å². The second kappa shape index (κ2) is 7.47. The Morgan fingerprint density at radius 1 is 1.10 bits per heavy atom. The summed E-state index contributed by atoms with van der Waals surface area (Å²) < 4.78 is 19.3. The zero-order valence-electron chi connectivity index (χ0n) is 15.5. The molecular weight excluding hydrogens is 379 g/mol. The Hall–Kier alpha value is -2.94. The fourth-order valence-corrected chi connectivity index (χ4v) is 3.64. The molecule has 0 saturated carbocycles. The Labute approximate surface area is 165 Å². The number of halogens is 1. The number of nitrogens with one attached hydrogen (secondary N) is 2. The molecular formula is C21H21FN2O5. The van der Waals surface area contributed by atoms with E-state index in [2.05, 4.69) is 5.32 Å². The van der Waals surface area contributed by atoms with Gasteiger partial charge in [0.05, 0.1) is 5.56 Å². The van der Waals surface area contributed by atoms with Crippen molar-refractivity contribution in [2.75, 3.05) is 11.9 Å². The van der Waals surface area contributed by atoms with Crippen LogP contribution in [0.1, 0.15) is 35.2 Å². The molecule has 29 heavy (non-hydrogen) atoms. The maximum absolute atomic E-state index is 13.4. The molecule has 3 aromatic rings. The zero-order valence-corrected chi connectivity index (χ0v) is 15.5. The van der Waals surface area contributed by atoms with Crippen LogP contribution in [-0.2, 0) is 6.42 Å². The van der Waals surface area contributed by atoms with Crippen molar-refractivity contribution in [2.24, 2.45) is 0 Å². The fourth-order valence-electron chi connectivity index (χ4n) is 3.64. The van der Waals surface area contributed by atoms with Gasteiger partial charge < -0.3 is 25.1 Å². The second-order valence-electron chi connectivity index (χ2n) is 7.15. The van der Waals surface area contributed by atoms with E-state index in [0.717, 1.165) is 43.5 Å². The van der Waals surface area contributed by atoms with Crippen LogP contribution in [0, 0.1) is 5.82 Å². The van der Waals surface area contributed by atoms with Gasteiger partial charge in [0, 0.05) is 29.2 Å². The van der Waals surface area contributed by atoms with Crippen LogP contribution in [0.4, 0.5) is 10.1 Å². The van der Waals surface area contributed by atoms with Crippen molar-refractivity contribution in [3.05, 3.63) is 53.3 Å². The van der Waals surface area contributed by atoms with Crippen LogP contribution in [0.2, 0.25) is 0 Å². The van der Waals surface area contributed by atoms with E-state index in [4.69, 9.17) is 4.42 Å². The number of carbonyl (C=O) groups excluding carboxylic acids is 1. The van der Waals surface area contributed by atoms with Crippen LogP contribution in [-0.4, -0.2) is 33.9 Å². The summed E-state index contributed by atoms with van der Waals surface area (Å²) in [6.07, 6.45) is 0.603. The summed E-state index contributed by atoms with van der Waals surface area (Å²) in [6.45, 7) is 0.833. The molecule has 2 heterocycles. The Bertz CT molecular complexity index is 1050. The summed E-state index contributed by atoms with van der Waals surface area (Å²) in [5.41, 5.74) is 2.82. The molecule has 8 heteroatoms. The quantitative estimate of drug-likeness (QED) is 0.432. The first-order chi connectivity index (χ1) is 13.8. The highest BCUT2D eigenvalue weighted by atomic mass is 19.1. The minimum absolute atomic E-state index is 0.0259. The van der Waals surface area contributed by atoms with Crippen molar-refractivity contribution >= 4 is 22.6 Å². The first kappa shape index (κ1) is 19.4. The molecule has 0 unspecified atom stereocenters. The van der Waals surface area contributed by atoms with Gasteiger partial charge in [-0.05, 0) is 55.2 Å². The van der Waals surface area contributed by atoms with Gasteiger partial charge in [-0.1, -0.05) is 6.42 Å². The lowest BCUT2D eigenvalue weighted by Crippen LogP contribution is -2.48. The van der Waals surface area contributed by atoms with Crippen molar-refractivity contribution in [1.82, 2.24) is 5.32 Å². The maximum atomic E-state index is 13.4. The van der Waals surface area contributed by atoms with E-state index < -0.39 is 17.8 Å². The molecule has 1 amide bonds. The highest BCUT2D eigenvalue weighted by Gasteiger charge is 2.29. The largest absolute Gasteiger partial charge is 0.455 e. The smallest absolute Gasteiger partial charge is 0.369 e. The Balaban J connectivity index is 1.91. The zero-order chi connectivity index (χ0) is 20.6. The molecule has 5 N–H and O–H groups in total. The first-order valence-corrected chi connectivity index (χ1v) is 9.41. The second-order valence-corrected chi connectivity index (χ2v) is 7.15. The molecule has 152 valence electrons. The number of rotatable bonds is 3. The third-order valence-electron chi connectivity index (χ3n) is 4.97. The molecule has 0 fully saturated rings. The van der Waals surface area contributed by atoms with E-state index in [-0.39, 0.29) is 11.3 Å². The highest BCUT2D eigenvalue weighted by Crippen LogP contribution is 2.37. The summed E-state index contributed by atoms with van der Waals surface area (Å²) in [4.78, 5) is 12.7. The minimum Gasteiger partial charge on any atom is -0.455 e. The molecule has 1 aromatic heterocycles. The summed E-state index contributed by atoms with van der Waals surface area (Å²) in [6, 6.07) is 9.04. The van der Waals surface area contributed by atoms with Gasteiger partial charge in [-0.15, -0.1) is 0 Å². The van der Waals surface area contributed by atoms with Crippen LogP contribution >= 0.6 is 0 Å². The Morgan fingerprint density at radius 3 is 2.59 bits per heavy atom. The third-order valence-corrected chi connectivity index (χ3v) is 4.97. The van der Waals surface area contributed by atoms with Crippen LogP contribution in [0.5, 0.6) is 0 Å². The molecule has 1 aliphatic rings. The molecule has 0 saturated heterocycles. The van der Waals surface area contributed by atoms with Gasteiger partial charge in [0.15, 0.2) is 0 Å². The maximum Gasteiger partial charge on any atom is 0.369 e. The lowest BCUT2D eigenvalue weighted by atomic mass is 9.98. The van der Waals surface area contributed by atoms with Crippen LogP contribution < -0.4 is 10.6 Å². The number of hydrogen-bond acceptors (Lipinski definition) is 6. The number of aryl methyl sites for hydroxylation is 1. The van der Waals surface area contributed by atoms with Crippen LogP contribution in [0.3, 0.4) is 0 Å². The van der Waals surface area contributed by atoms with Gasteiger partial charge in [0.2, 0.25) is 0 Å². The topological polar surface area (TPSA) is 115 Å². The van der Waals surface area contributed by atoms with Gasteiger partial charge >= 0.3 is 6.10 Å². The number of fused-ring (bicyclic) bond motifs is 2. The molecule has 0 bridgehead atoms. The third kappa shape index (κ3) is 4.09. The van der Waals surface area contributed by atoms with Crippen molar-refractivity contribution in [3.63, 3.8) is 0 Å². The summed E-state index contributed by atoms with van der Waals surface area (Å²) in [5.74, 6) is -1.24. The molecule has 4 rings (SSSR count). The monoisotopic (exact) mass is 400 g/mol. The number of benzene rings is 2. The van der Waals surface area contributed by atoms with Crippen molar-refractivity contribution in [1.29, 1.82) is 0 Å². The minimum atomic E-state index is -3.38. The lowest BCUT2D eigenvalue weighted by molar-refractivity contribution is -0.323. The van der Waals surface area contributed by atoms with Gasteiger partial charge in [0.25, 0.3) is 5.91 Å². The standard InChI is InChI=1S/C21H21FN2O5/c22-14-7-5-12(6-8-14)19-18(20(25)24-21(26,27)28)15-10-13-4-2-1-3-9-23-16(13)11-17(15)29-19/h5-8,10-11,23,26-28H,1-4,9H2,(H,24,25). The van der Waals surface area contributed by atoms with Crippen LogP contribution in [0.25, 0.3) is 22.3 Å². The number of hydrogen-bond donors (Lipinski definition) is 5. The van der Waals surface area contributed by atoms with E-state index in [1.807, 2.05) is 12.1 Å². The number of aliphatic hydroxyl groups is 3. The highest BCUT2D eigenvalue weighted by molar-refractivity contribution is 6.12. The van der Waals surface area contributed by atoms with E-state index in [0.29, 0.717) is 16.5 Å². The molecule has 0 atom stereocenters. The number of amides is 1. The van der Waals surface area contributed by atoms with E-state index in [9.17, 15) is 24.5 Å². The first-order valence-electron chi connectivity index (χ1n) is 9.41. The van der Waals surface area contributed by atoms with Gasteiger partial charge in [-0.2, -0.15) is 0 Å². The summed E-state index contributed by atoms with van der Waals surface area (Å²) in [7, 11) is 0. The van der Waals surface area contributed by atoms with Gasteiger partial charge in [-0.3, -0.25) is 10.1 Å². The average molecular weight is 400 g/mol. The Morgan fingerprint density at radius 2 is 1.86 bits per heavy atom. The summed E-state index contributed by atoms with van der Waals surface area (Å²) >= 11 is 0. The fraction of sp³-hybridized carbons (Fsp3) is 0.286. The summed E-state index contributed by atoms with van der Waals surface area (Å²) in [5, 5.41) is 33.2. The number of carbonyl (C=O) groups is 1. The Kier molecular flexibility index (Phi) is 4.99. The van der Waals surface area contributed by atoms with E-state index in [1.165, 1.54) is 24.3 Å². The molecule has 0 spiro atoms. The van der Waals surface area contributed by atoms with Crippen LogP contribution in [0.15, 0.2) is 40.8 Å². The lowest BCUT2D eigenvalue weighted by Gasteiger charge is -2.17. The molecule has 2 aromatic carbocycles. The molecule has 0 aliphatic carbocycles. The molecule has 1 aliphatic heterocycles. The number of furan rings is 1. The number of anilines is 1.